The van der Waals surface area contributed by atoms with Gasteiger partial charge in [0, 0.05) is 38.4 Å². The summed E-state index contributed by atoms with van der Waals surface area (Å²) in [5.41, 5.74) is 11.0. The van der Waals surface area contributed by atoms with E-state index in [9.17, 15) is 0 Å². The zero-order chi connectivity index (χ0) is 30.2. The number of hydrogen-bond acceptors (Lipinski definition) is 3. The molecular weight excluding hydrogens is 560 g/mol. The van der Waals surface area contributed by atoms with E-state index in [0.29, 0.717) is 5.95 Å². The molecule has 0 spiro atoms. The first-order valence-electron chi connectivity index (χ1n) is 15.6. The molecule has 0 bridgehead atoms. The Kier molecular flexibility index (Phi) is 5.25. The molecule has 1 aliphatic rings. The number of fused-ring (bicyclic) bond motifs is 6. The predicted molar refractivity (Wildman–Crippen MR) is 190 cm³/mol. The quantitative estimate of drug-likeness (QED) is 0.206. The minimum atomic E-state index is 0.662. The highest BCUT2D eigenvalue weighted by atomic mass is 15.3. The Morgan fingerprint density at radius 3 is 2.07 bits per heavy atom. The molecule has 0 radical (unpaired) electrons. The zero-order valence-corrected chi connectivity index (χ0v) is 24.8. The van der Waals surface area contributed by atoms with Crippen LogP contribution >= 0.6 is 0 Å². The Morgan fingerprint density at radius 1 is 0.457 bits per heavy atom. The maximum atomic E-state index is 5.41. The molecule has 1 aliphatic heterocycles. The second-order valence-electron chi connectivity index (χ2n) is 11.8. The third-order valence-electron chi connectivity index (χ3n) is 9.31. The van der Waals surface area contributed by atoms with Crippen molar-refractivity contribution in [3.63, 3.8) is 0 Å². The van der Waals surface area contributed by atoms with Crippen LogP contribution in [-0.2, 0) is 0 Å². The van der Waals surface area contributed by atoms with Gasteiger partial charge in [0.25, 0.3) is 0 Å². The van der Waals surface area contributed by atoms with Gasteiger partial charge in [0.05, 0.1) is 33.6 Å². The summed E-state index contributed by atoms with van der Waals surface area (Å²) in [4.78, 5) is 12.9. The van der Waals surface area contributed by atoms with Crippen LogP contribution in [0.15, 0.2) is 158 Å². The largest absolute Gasteiger partial charge is 0.309 e. The summed E-state index contributed by atoms with van der Waals surface area (Å²) in [6, 6.07) is 55.9. The van der Waals surface area contributed by atoms with Crippen LogP contribution in [0.1, 0.15) is 0 Å². The van der Waals surface area contributed by atoms with Gasteiger partial charge in [-0.15, -0.1) is 0 Å². The molecule has 4 heteroatoms. The van der Waals surface area contributed by atoms with Gasteiger partial charge in [-0.25, -0.2) is 9.97 Å². The van der Waals surface area contributed by atoms with Gasteiger partial charge in [-0.05, 0) is 59.5 Å². The standard InChI is InChI=1S/C42H26N4/c1-2-14-29(15-3-1)45-36-21-8-6-17-31(36)34-26-28(24-25-38(34)45)41-33-18-4-7-20-35(33)43-42(44-41)46-37-22-9-5-16-30(37)32-19-10-12-27-13-11-23-39(46)40(27)32/h1-26H. The predicted octanol–water partition coefficient (Wildman–Crippen LogP) is 11.0. The number of rotatable bonds is 3. The molecule has 0 saturated carbocycles. The van der Waals surface area contributed by atoms with Gasteiger partial charge in [0.1, 0.15) is 0 Å². The number of aromatic nitrogens is 3. The van der Waals surface area contributed by atoms with E-state index >= 15 is 0 Å². The molecule has 0 saturated heterocycles. The molecule has 46 heavy (non-hydrogen) atoms. The summed E-state index contributed by atoms with van der Waals surface area (Å²) in [6.45, 7) is 0. The molecule has 0 fully saturated rings. The Morgan fingerprint density at radius 2 is 1.15 bits per heavy atom. The van der Waals surface area contributed by atoms with Crippen LogP contribution in [0.5, 0.6) is 0 Å². The first-order chi connectivity index (χ1) is 22.8. The fourth-order valence-corrected chi connectivity index (χ4v) is 7.33. The van der Waals surface area contributed by atoms with Crippen LogP contribution in [0.3, 0.4) is 0 Å². The average Bonchev–Trinajstić information content (AvgIpc) is 3.45. The molecule has 10 rings (SSSR count). The molecule has 9 aromatic rings. The van der Waals surface area contributed by atoms with Gasteiger partial charge in [-0.3, -0.25) is 4.90 Å². The summed E-state index contributed by atoms with van der Waals surface area (Å²) in [5, 5.41) is 5.87. The van der Waals surface area contributed by atoms with Gasteiger partial charge in [-0.1, -0.05) is 109 Å². The van der Waals surface area contributed by atoms with E-state index in [1.807, 2.05) is 0 Å². The fraction of sp³-hybridized carbons (Fsp3) is 0. The summed E-state index contributed by atoms with van der Waals surface area (Å²) < 4.78 is 2.35. The third-order valence-corrected chi connectivity index (χ3v) is 9.31. The summed E-state index contributed by atoms with van der Waals surface area (Å²) in [7, 11) is 0. The first kappa shape index (κ1) is 25.1. The van der Waals surface area contributed by atoms with Crippen molar-refractivity contribution in [1.29, 1.82) is 0 Å². The molecule has 4 nitrogen and oxygen atoms in total. The van der Waals surface area contributed by atoms with Crippen molar-refractivity contribution in [3.05, 3.63) is 158 Å². The molecule has 0 amide bonds. The molecule has 0 unspecified atom stereocenters. The fourth-order valence-electron chi connectivity index (χ4n) is 7.33. The number of anilines is 3. The minimum absolute atomic E-state index is 0.662. The lowest BCUT2D eigenvalue weighted by molar-refractivity contribution is 1.11. The van der Waals surface area contributed by atoms with E-state index in [1.165, 1.54) is 43.7 Å². The number of benzene rings is 7. The van der Waals surface area contributed by atoms with Crippen LogP contribution in [0.2, 0.25) is 0 Å². The van der Waals surface area contributed by atoms with Gasteiger partial charge < -0.3 is 4.57 Å². The van der Waals surface area contributed by atoms with Crippen LogP contribution in [-0.4, -0.2) is 14.5 Å². The Bertz CT molecular complexity index is 2650. The Balaban J connectivity index is 1.24. The van der Waals surface area contributed by atoms with Crippen molar-refractivity contribution in [3.8, 4) is 28.1 Å². The van der Waals surface area contributed by atoms with Crippen molar-refractivity contribution in [2.24, 2.45) is 0 Å². The number of para-hydroxylation sites is 4. The lowest BCUT2D eigenvalue weighted by atomic mass is 9.91. The monoisotopic (exact) mass is 586 g/mol. The topological polar surface area (TPSA) is 34.0 Å². The van der Waals surface area contributed by atoms with E-state index in [4.69, 9.17) is 9.97 Å². The normalized spacial score (nSPS) is 12.3. The molecule has 2 aromatic heterocycles. The Labute approximate surface area is 265 Å². The van der Waals surface area contributed by atoms with E-state index in [-0.39, 0.29) is 0 Å². The summed E-state index contributed by atoms with van der Waals surface area (Å²) >= 11 is 0. The van der Waals surface area contributed by atoms with Crippen molar-refractivity contribution < 1.29 is 0 Å². The van der Waals surface area contributed by atoms with Gasteiger partial charge >= 0.3 is 0 Å². The molecule has 3 heterocycles. The van der Waals surface area contributed by atoms with Crippen molar-refractivity contribution in [1.82, 2.24) is 14.5 Å². The smallest absolute Gasteiger partial charge is 0.235 e. The SMILES string of the molecule is c1ccc(-n2c3ccccc3c3cc(-c4nc(N5c6ccccc6-c6cccc7cccc5c67)nc5ccccc45)ccc32)cc1. The lowest BCUT2D eigenvalue weighted by Gasteiger charge is -2.32. The number of hydrogen-bond donors (Lipinski definition) is 0. The van der Waals surface area contributed by atoms with Crippen molar-refractivity contribution in [2.75, 3.05) is 4.90 Å². The van der Waals surface area contributed by atoms with Crippen LogP contribution in [0.25, 0.3) is 71.6 Å². The minimum Gasteiger partial charge on any atom is -0.309 e. The van der Waals surface area contributed by atoms with Crippen LogP contribution in [0.4, 0.5) is 17.3 Å². The van der Waals surface area contributed by atoms with Crippen LogP contribution < -0.4 is 4.90 Å². The molecular formula is C42H26N4. The molecule has 214 valence electrons. The highest BCUT2D eigenvalue weighted by molar-refractivity contribution is 6.14. The van der Waals surface area contributed by atoms with Crippen LogP contribution in [0, 0.1) is 0 Å². The summed E-state index contributed by atoms with van der Waals surface area (Å²) in [6.07, 6.45) is 0. The average molecular weight is 587 g/mol. The highest BCUT2D eigenvalue weighted by Crippen LogP contribution is 2.50. The second-order valence-corrected chi connectivity index (χ2v) is 11.8. The Hall–Kier alpha value is -6.26. The van der Waals surface area contributed by atoms with E-state index in [0.717, 1.165) is 39.2 Å². The zero-order valence-electron chi connectivity index (χ0n) is 24.8. The molecule has 0 atom stereocenters. The maximum Gasteiger partial charge on any atom is 0.235 e. The van der Waals surface area contributed by atoms with E-state index < -0.39 is 0 Å². The third kappa shape index (κ3) is 3.55. The maximum absolute atomic E-state index is 5.41. The first-order valence-corrected chi connectivity index (χ1v) is 15.6. The summed E-state index contributed by atoms with van der Waals surface area (Å²) in [5.74, 6) is 0.662. The van der Waals surface area contributed by atoms with E-state index in [2.05, 4.69) is 167 Å². The lowest BCUT2D eigenvalue weighted by Crippen LogP contribution is -2.18. The van der Waals surface area contributed by atoms with Gasteiger partial charge in [0.15, 0.2) is 0 Å². The van der Waals surface area contributed by atoms with E-state index in [1.54, 1.807) is 0 Å². The van der Waals surface area contributed by atoms with Gasteiger partial charge in [0.2, 0.25) is 5.95 Å². The molecule has 7 aromatic carbocycles. The highest BCUT2D eigenvalue weighted by Gasteiger charge is 2.28. The number of nitrogens with zero attached hydrogens (tertiary/aromatic N) is 4. The second kappa shape index (κ2) is 9.62. The molecule has 0 aliphatic carbocycles. The van der Waals surface area contributed by atoms with Crippen molar-refractivity contribution in [2.45, 2.75) is 0 Å². The molecule has 0 N–H and O–H groups in total. The van der Waals surface area contributed by atoms with Gasteiger partial charge in [-0.2, -0.15) is 0 Å². The van der Waals surface area contributed by atoms with Crippen molar-refractivity contribution >= 4 is 60.8 Å².